The van der Waals surface area contributed by atoms with E-state index in [0.717, 1.165) is 22.8 Å². The Morgan fingerprint density at radius 1 is 1.05 bits per heavy atom. The number of hydrogen-bond donors (Lipinski definition) is 1. The van der Waals surface area contributed by atoms with E-state index >= 15 is 0 Å². The van der Waals surface area contributed by atoms with Gasteiger partial charge in [-0.05, 0) is 37.1 Å². The van der Waals surface area contributed by atoms with E-state index in [1.54, 1.807) is 0 Å². The summed E-state index contributed by atoms with van der Waals surface area (Å²) in [5, 5.41) is 0. The van der Waals surface area contributed by atoms with Crippen molar-refractivity contribution in [1.82, 2.24) is 9.97 Å². The fraction of sp³-hybridized carbons (Fsp3) is 0.133. The number of H-pyrrole nitrogens is 1. The van der Waals surface area contributed by atoms with Gasteiger partial charge in [-0.3, -0.25) is 0 Å². The van der Waals surface area contributed by atoms with Crippen LogP contribution < -0.4 is 0 Å². The van der Waals surface area contributed by atoms with Gasteiger partial charge in [0.1, 0.15) is 11.3 Å². The molecule has 19 heavy (non-hydrogen) atoms. The van der Waals surface area contributed by atoms with Gasteiger partial charge >= 0.3 is 0 Å². The van der Waals surface area contributed by atoms with Crippen LogP contribution in [0.2, 0.25) is 0 Å². The third kappa shape index (κ3) is 1.80. The fourth-order valence-corrected chi connectivity index (χ4v) is 2.15. The van der Waals surface area contributed by atoms with Crippen molar-refractivity contribution in [3.8, 4) is 11.4 Å². The van der Waals surface area contributed by atoms with Crippen molar-refractivity contribution in [3.63, 3.8) is 0 Å². The summed E-state index contributed by atoms with van der Waals surface area (Å²) in [5.41, 5.74) is 3.63. The highest BCUT2D eigenvalue weighted by Gasteiger charge is 2.14. The number of aryl methyl sites for hydroxylation is 1. The van der Waals surface area contributed by atoms with Gasteiger partial charge in [-0.15, -0.1) is 0 Å². The molecule has 0 saturated carbocycles. The van der Waals surface area contributed by atoms with Gasteiger partial charge in [-0.1, -0.05) is 18.2 Å². The Morgan fingerprint density at radius 3 is 2.63 bits per heavy atom. The highest BCUT2D eigenvalue weighted by molar-refractivity contribution is 5.80. The van der Waals surface area contributed by atoms with Crippen molar-refractivity contribution in [1.29, 1.82) is 0 Å². The van der Waals surface area contributed by atoms with Crippen LogP contribution in [-0.4, -0.2) is 9.97 Å². The molecule has 2 nitrogen and oxygen atoms in total. The van der Waals surface area contributed by atoms with Crippen LogP contribution >= 0.6 is 0 Å². The average Bonchev–Trinajstić information content (AvgIpc) is 2.82. The molecule has 0 fully saturated rings. The number of fused-ring (bicyclic) bond motifs is 1. The number of aromatic amines is 1. The van der Waals surface area contributed by atoms with Gasteiger partial charge in [0.05, 0.1) is 5.52 Å². The number of benzene rings is 2. The average molecular weight is 258 g/mol. The van der Waals surface area contributed by atoms with Gasteiger partial charge in [0.2, 0.25) is 0 Å². The Balaban J connectivity index is 2.27. The van der Waals surface area contributed by atoms with Gasteiger partial charge in [0.15, 0.2) is 11.6 Å². The number of rotatable bonds is 1. The second-order valence-corrected chi connectivity index (χ2v) is 4.59. The Labute approximate surface area is 109 Å². The van der Waals surface area contributed by atoms with Crippen LogP contribution in [-0.2, 0) is 0 Å². The lowest BCUT2D eigenvalue weighted by molar-refractivity contribution is 0.515. The zero-order chi connectivity index (χ0) is 13.6. The standard InChI is InChI=1S/C15H12F2N2/c1-8-4-3-5-10(9(8)2)15-18-12-7-6-11(16)13(17)14(12)19-15/h3-7H,1-2H3,(H,18,19). The molecule has 3 rings (SSSR count). The van der Waals surface area contributed by atoms with Crippen LogP contribution in [0.25, 0.3) is 22.4 Å². The minimum Gasteiger partial charge on any atom is -0.338 e. The zero-order valence-electron chi connectivity index (χ0n) is 10.6. The van der Waals surface area contributed by atoms with Crippen LogP contribution in [0.1, 0.15) is 11.1 Å². The maximum absolute atomic E-state index is 13.6. The zero-order valence-corrected chi connectivity index (χ0v) is 10.6. The first-order chi connectivity index (χ1) is 9.08. The van der Waals surface area contributed by atoms with Gasteiger partial charge in [-0.2, -0.15) is 0 Å². The normalized spacial score (nSPS) is 11.2. The highest BCUT2D eigenvalue weighted by atomic mass is 19.2. The van der Waals surface area contributed by atoms with Crippen molar-refractivity contribution in [2.45, 2.75) is 13.8 Å². The second-order valence-electron chi connectivity index (χ2n) is 4.59. The topological polar surface area (TPSA) is 28.7 Å². The van der Waals surface area contributed by atoms with Gasteiger partial charge in [0.25, 0.3) is 0 Å². The number of imidazole rings is 1. The molecular formula is C15H12F2N2. The van der Waals surface area contributed by atoms with Crippen molar-refractivity contribution in [2.24, 2.45) is 0 Å². The van der Waals surface area contributed by atoms with Crippen molar-refractivity contribution in [2.75, 3.05) is 0 Å². The number of hydrogen-bond acceptors (Lipinski definition) is 1. The number of nitrogens with one attached hydrogen (secondary N) is 1. The van der Waals surface area contributed by atoms with Crippen LogP contribution in [0.15, 0.2) is 30.3 Å². The quantitative estimate of drug-likeness (QED) is 0.698. The molecule has 1 N–H and O–H groups in total. The second kappa shape index (κ2) is 4.16. The summed E-state index contributed by atoms with van der Waals surface area (Å²) < 4.78 is 26.8. The smallest absolute Gasteiger partial charge is 0.186 e. The van der Waals surface area contributed by atoms with Crippen molar-refractivity contribution >= 4 is 11.0 Å². The Morgan fingerprint density at radius 2 is 1.84 bits per heavy atom. The molecule has 0 radical (unpaired) electrons. The van der Waals surface area contributed by atoms with Crippen LogP contribution in [0, 0.1) is 25.5 Å². The Kier molecular flexibility index (Phi) is 2.59. The molecule has 0 aliphatic carbocycles. The summed E-state index contributed by atoms with van der Waals surface area (Å²) in [6, 6.07) is 8.43. The Bertz CT molecular complexity index is 775. The molecule has 4 heteroatoms. The highest BCUT2D eigenvalue weighted by Crippen LogP contribution is 2.27. The molecule has 0 unspecified atom stereocenters. The summed E-state index contributed by atoms with van der Waals surface area (Å²) in [6.07, 6.45) is 0. The largest absolute Gasteiger partial charge is 0.338 e. The summed E-state index contributed by atoms with van der Waals surface area (Å²) in [4.78, 5) is 7.20. The maximum Gasteiger partial charge on any atom is 0.186 e. The SMILES string of the molecule is Cc1cccc(-c2nc3c(F)c(F)ccc3[nH]2)c1C. The lowest BCUT2D eigenvalue weighted by Gasteiger charge is -2.04. The molecule has 0 atom stereocenters. The minimum absolute atomic E-state index is 0.0379. The van der Waals surface area contributed by atoms with Gasteiger partial charge in [-0.25, -0.2) is 13.8 Å². The first-order valence-corrected chi connectivity index (χ1v) is 5.98. The maximum atomic E-state index is 13.6. The van der Waals surface area contributed by atoms with E-state index in [-0.39, 0.29) is 5.52 Å². The van der Waals surface area contributed by atoms with E-state index in [2.05, 4.69) is 9.97 Å². The molecule has 0 aliphatic heterocycles. The first kappa shape index (κ1) is 11.8. The van der Waals surface area contributed by atoms with Crippen molar-refractivity contribution in [3.05, 3.63) is 53.1 Å². The van der Waals surface area contributed by atoms with E-state index in [1.165, 1.54) is 6.07 Å². The Hall–Kier alpha value is -2.23. The monoisotopic (exact) mass is 258 g/mol. The molecular weight excluding hydrogens is 246 g/mol. The van der Waals surface area contributed by atoms with E-state index in [4.69, 9.17) is 0 Å². The predicted octanol–water partition coefficient (Wildman–Crippen LogP) is 4.12. The molecule has 96 valence electrons. The summed E-state index contributed by atoms with van der Waals surface area (Å²) in [7, 11) is 0. The third-order valence-corrected chi connectivity index (χ3v) is 3.41. The molecule has 0 spiro atoms. The molecule has 0 aliphatic rings. The molecule has 0 saturated heterocycles. The molecule has 0 amide bonds. The minimum atomic E-state index is -0.912. The van der Waals surface area contributed by atoms with E-state index in [9.17, 15) is 8.78 Å². The van der Waals surface area contributed by atoms with E-state index < -0.39 is 11.6 Å². The van der Waals surface area contributed by atoms with Gasteiger partial charge < -0.3 is 4.98 Å². The molecule has 1 heterocycles. The lowest BCUT2D eigenvalue weighted by atomic mass is 10.0. The third-order valence-electron chi connectivity index (χ3n) is 3.41. The van der Waals surface area contributed by atoms with Gasteiger partial charge in [0, 0.05) is 5.56 Å². The molecule has 0 bridgehead atoms. The number of nitrogens with zero attached hydrogens (tertiary/aromatic N) is 1. The number of halogens is 2. The number of aromatic nitrogens is 2. The van der Waals surface area contributed by atoms with E-state index in [1.807, 2.05) is 32.0 Å². The lowest BCUT2D eigenvalue weighted by Crippen LogP contribution is -1.88. The summed E-state index contributed by atoms with van der Waals surface area (Å²) >= 11 is 0. The molecule has 2 aromatic carbocycles. The molecule has 1 aromatic heterocycles. The van der Waals surface area contributed by atoms with Crippen LogP contribution in [0.5, 0.6) is 0 Å². The van der Waals surface area contributed by atoms with E-state index in [0.29, 0.717) is 11.3 Å². The van der Waals surface area contributed by atoms with Crippen molar-refractivity contribution < 1.29 is 8.78 Å². The summed E-state index contributed by atoms with van der Waals surface area (Å²) in [5.74, 6) is -1.24. The first-order valence-electron chi connectivity index (χ1n) is 5.98. The van der Waals surface area contributed by atoms with Crippen LogP contribution in [0.3, 0.4) is 0 Å². The predicted molar refractivity (Wildman–Crippen MR) is 70.9 cm³/mol. The molecule has 3 aromatic rings. The summed E-state index contributed by atoms with van der Waals surface area (Å²) in [6.45, 7) is 3.98. The fourth-order valence-electron chi connectivity index (χ4n) is 2.15. The van der Waals surface area contributed by atoms with Crippen LogP contribution in [0.4, 0.5) is 8.78 Å².